The molecule has 7 heteroatoms. The molecule has 1 aromatic heterocycles. The zero-order valence-corrected chi connectivity index (χ0v) is 8.70. The molecule has 0 unspecified atom stereocenters. The van der Waals surface area contributed by atoms with Crippen molar-refractivity contribution < 1.29 is 9.31 Å². The number of nitrogen functional groups attached to an aromatic ring is 1. The second-order valence-electron chi connectivity index (χ2n) is 2.99. The van der Waals surface area contributed by atoms with Gasteiger partial charge < -0.3 is 5.73 Å². The molecule has 0 atom stereocenters. The highest BCUT2D eigenvalue weighted by Crippen LogP contribution is 2.28. The van der Waals surface area contributed by atoms with Crippen molar-refractivity contribution in [3.05, 3.63) is 39.5 Å². The smallest absolute Gasteiger partial charge is 0.270 e. The van der Waals surface area contributed by atoms with Gasteiger partial charge >= 0.3 is 0 Å². The van der Waals surface area contributed by atoms with Crippen LogP contribution in [0.25, 0.3) is 11.3 Å². The molecule has 82 valence electrons. The molecular weight excluding hydrogens is 233 g/mol. The van der Waals surface area contributed by atoms with Crippen LogP contribution in [0.2, 0.25) is 0 Å². The summed E-state index contributed by atoms with van der Waals surface area (Å²) in [6, 6.07) is 3.29. The number of aromatic nitrogens is 1. The minimum atomic E-state index is -0.585. The number of rotatable bonds is 2. The van der Waals surface area contributed by atoms with Crippen molar-refractivity contribution in [3.8, 4) is 11.3 Å². The summed E-state index contributed by atoms with van der Waals surface area (Å²) in [5.74, 6) is -0.559. The van der Waals surface area contributed by atoms with E-state index in [-0.39, 0.29) is 11.3 Å². The summed E-state index contributed by atoms with van der Waals surface area (Å²) in [4.78, 5) is 13.8. The molecule has 0 aliphatic rings. The summed E-state index contributed by atoms with van der Waals surface area (Å²) in [5, 5.41) is 12.4. The average Bonchev–Trinajstić information content (AvgIpc) is 2.65. The first-order valence-electron chi connectivity index (χ1n) is 4.23. The largest absolute Gasteiger partial charge is 0.375 e. The molecular formula is C9H6FN3O2S. The van der Waals surface area contributed by atoms with Gasteiger partial charge in [0, 0.05) is 23.1 Å². The third-order valence-corrected chi connectivity index (χ3v) is 2.63. The van der Waals surface area contributed by atoms with Crippen molar-refractivity contribution in [2.45, 2.75) is 0 Å². The van der Waals surface area contributed by atoms with Gasteiger partial charge in [0.2, 0.25) is 0 Å². The Morgan fingerprint density at radius 3 is 2.81 bits per heavy atom. The standard InChI is InChI=1S/C9H6FN3O2S/c10-7-2-1-5(13(14)15)3-6(7)8-4-16-9(11)12-8/h1-4H,(H2,11,12). The highest BCUT2D eigenvalue weighted by molar-refractivity contribution is 7.13. The fourth-order valence-electron chi connectivity index (χ4n) is 1.23. The predicted octanol–water partition coefficient (Wildman–Crippen LogP) is 2.44. The van der Waals surface area contributed by atoms with Gasteiger partial charge in [-0.25, -0.2) is 9.37 Å². The first-order valence-corrected chi connectivity index (χ1v) is 5.11. The number of halogens is 1. The Kier molecular flexibility index (Phi) is 2.53. The minimum Gasteiger partial charge on any atom is -0.375 e. The van der Waals surface area contributed by atoms with E-state index in [2.05, 4.69) is 4.98 Å². The lowest BCUT2D eigenvalue weighted by atomic mass is 10.1. The molecule has 0 bridgehead atoms. The van der Waals surface area contributed by atoms with Crippen LogP contribution in [0.4, 0.5) is 15.2 Å². The number of nitro groups is 1. The lowest BCUT2D eigenvalue weighted by Crippen LogP contribution is -1.91. The maximum absolute atomic E-state index is 13.4. The lowest BCUT2D eigenvalue weighted by Gasteiger charge is -1.98. The molecule has 0 saturated carbocycles. The second kappa shape index (κ2) is 3.86. The quantitative estimate of drug-likeness (QED) is 0.644. The third-order valence-electron chi connectivity index (χ3n) is 1.96. The van der Waals surface area contributed by atoms with E-state index >= 15 is 0 Å². The summed E-state index contributed by atoms with van der Waals surface area (Å²) in [5.41, 5.74) is 5.63. The number of benzene rings is 1. The summed E-state index contributed by atoms with van der Waals surface area (Å²) in [6.45, 7) is 0. The maximum Gasteiger partial charge on any atom is 0.270 e. The molecule has 2 aromatic rings. The SMILES string of the molecule is Nc1nc(-c2cc([N+](=O)[O-])ccc2F)cs1. The van der Waals surface area contributed by atoms with Crippen molar-refractivity contribution in [2.24, 2.45) is 0 Å². The Bertz CT molecular complexity index is 555. The first kappa shape index (κ1) is 10.5. The van der Waals surface area contributed by atoms with E-state index in [9.17, 15) is 14.5 Å². The number of hydrogen-bond donors (Lipinski definition) is 1. The van der Waals surface area contributed by atoms with Gasteiger partial charge in [-0.2, -0.15) is 0 Å². The number of nitrogens with two attached hydrogens (primary N) is 1. The molecule has 1 heterocycles. The third kappa shape index (κ3) is 1.84. The summed E-state index contributed by atoms with van der Waals surface area (Å²) < 4.78 is 13.4. The molecule has 0 aliphatic carbocycles. The van der Waals surface area contributed by atoms with E-state index in [1.807, 2.05) is 0 Å². The van der Waals surface area contributed by atoms with Crippen LogP contribution in [0.15, 0.2) is 23.6 Å². The fraction of sp³-hybridized carbons (Fsp3) is 0. The highest BCUT2D eigenvalue weighted by atomic mass is 32.1. The van der Waals surface area contributed by atoms with Gasteiger partial charge in [0.25, 0.3) is 5.69 Å². The van der Waals surface area contributed by atoms with Crippen LogP contribution in [-0.4, -0.2) is 9.91 Å². The zero-order valence-electron chi connectivity index (χ0n) is 7.88. The highest BCUT2D eigenvalue weighted by Gasteiger charge is 2.14. The second-order valence-corrected chi connectivity index (χ2v) is 3.88. The molecule has 0 aliphatic heterocycles. The summed E-state index contributed by atoms with van der Waals surface area (Å²) in [7, 11) is 0. The monoisotopic (exact) mass is 239 g/mol. The van der Waals surface area contributed by atoms with E-state index in [0.717, 1.165) is 29.5 Å². The van der Waals surface area contributed by atoms with Gasteiger partial charge in [-0.1, -0.05) is 0 Å². The minimum absolute atomic E-state index is 0.0853. The maximum atomic E-state index is 13.4. The summed E-state index contributed by atoms with van der Waals surface area (Å²) >= 11 is 1.15. The van der Waals surface area contributed by atoms with Crippen LogP contribution < -0.4 is 5.73 Å². The molecule has 2 rings (SSSR count). The Morgan fingerprint density at radius 2 is 2.25 bits per heavy atom. The van der Waals surface area contributed by atoms with Crippen molar-refractivity contribution >= 4 is 22.2 Å². The van der Waals surface area contributed by atoms with Crippen LogP contribution in [0.5, 0.6) is 0 Å². The van der Waals surface area contributed by atoms with Crippen molar-refractivity contribution in [1.82, 2.24) is 4.98 Å². The first-order chi connectivity index (χ1) is 7.58. The molecule has 1 aromatic carbocycles. The molecule has 0 radical (unpaired) electrons. The molecule has 2 N–H and O–H groups in total. The number of nitrogens with zero attached hydrogens (tertiary/aromatic N) is 2. The molecule has 0 saturated heterocycles. The topological polar surface area (TPSA) is 82.0 Å². The van der Waals surface area contributed by atoms with Crippen molar-refractivity contribution in [1.29, 1.82) is 0 Å². The number of hydrogen-bond acceptors (Lipinski definition) is 5. The molecule has 0 spiro atoms. The van der Waals surface area contributed by atoms with Gasteiger partial charge in [0.05, 0.1) is 10.6 Å². The van der Waals surface area contributed by atoms with E-state index in [0.29, 0.717) is 10.8 Å². The number of non-ortho nitro benzene ring substituents is 1. The lowest BCUT2D eigenvalue weighted by molar-refractivity contribution is -0.384. The van der Waals surface area contributed by atoms with Crippen LogP contribution in [0, 0.1) is 15.9 Å². The fourth-order valence-corrected chi connectivity index (χ4v) is 1.80. The number of thiazole rings is 1. The number of anilines is 1. The van der Waals surface area contributed by atoms with E-state index in [4.69, 9.17) is 5.73 Å². The Hall–Kier alpha value is -2.02. The molecule has 0 amide bonds. The predicted molar refractivity (Wildman–Crippen MR) is 58.6 cm³/mol. The zero-order chi connectivity index (χ0) is 11.7. The normalized spacial score (nSPS) is 10.3. The van der Waals surface area contributed by atoms with Gasteiger partial charge in [-0.15, -0.1) is 11.3 Å². The summed E-state index contributed by atoms with van der Waals surface area (Å²) in [6.07, 6.45) is 0. The number of nitro benzene ring substituents is 1. The van der Waals surface area contributed by atoms with Gasteiger partial charge in [-0.05, 0) is 6.07 Å². The van der Waals surface area contributed by atoms with Crippen LogP contribution in [-0.2, 0) is 0 Å². The van der Waals surface area contributed by atoms with Crippen LogP contribution in [0.3, 0.4) is 0 Å². The molecule has 0 fully saturated rings. The van der Waals surface area contributed by atoms with Crippen LogP contribution >= 0.6 is 11.3 Å². The molecule has 16 heavy (non-hydrogen) atoms. The van der Waals surface area contributed by atoms with Crippen molar-refractivity contribution in [3.63, 3.8) is 0 Å². The van der Waals surface area contributed by atoms with E-state index in [1.54, 1.807) is 5.38 Å². The Labute approximate surface area is 93.5 Å². The van der Waals surface area contributed by atoms with Gasteiger partial charge in [-0.3, -0.25) is 10.1 Å². The van der Waals surface area contributed by atoms with E-state index < -0.39 is 10.7 Å². The van der Waals surface area contributed by atoms with Gasteiger partial charge in [0.15, 0.2) is 5.13 Å². The molecule has 5 nitrogen and oxygen atoms in total. The van der Waals surface area contributed by atoms with Crippen molar-refractivity contribution in [2.75, 3.05) is 5.73 Å². The van der Waals surface area contributed by atoms with Gasteiger partial charge in [0.1, 0.15) is 5.82 Å². The Morgan fingerprint density at radius 1 is 1.50 bits per heavy atom. The average molecular weight is 239 g/mol. The van der Waals surface area contributed by atoms with E-state index in [1.165, 1.54) is 0 Å². The van der Waals surface area contributed by atoms with Crippen LogP contribution in [0.1, 0.15) is 0 Å². The Balaban J connectivity index is 2.55.